The third-order valence-electron chi connectivity index (χ3n) is 2.30. The molecule has 1 aromatic carbocycles. The number of nitrogens with two attached hydrogens (primary N) is 1. The van der Waals surface area contributed by atoms with Gasteiger partial charge in [0.2, 0.25) is 5.91 Å². The number of aliphatic carboxylic acids is 1. The summed E-state index contributed by atoms with van der Waals surface area (Å²) in [5.74, 6) is -1.61. The van der Waals surface area contributed by atoms with Crippen LogP contribution in [0.5, 0.6) is 0 Å². The summed E-state index contributed by atoms with van der Waals surface area (Å²) in [6.45, 7) is 1.63. The molecule has 4 N–H and O–H groups in total. The van der Waals surface area contributed by atoms with E-state index in [1.807, 2.05) is 0 Å². The number of nitrogens with one attached hydrogen (secondary N) is 1. The number of aryl methyl sites for hydroxylation is 1. The van der Waals surface area contributed by atoms with Crippen LogP contribution in [-0.2, 0) is 9.59 Å². The van der Waals surface area contributed by atoms with Crippen molar-refractivity contribution in [3.63, 3.8) is 0 Å². The van der Waals surface area contributed by atoms with Crippen LogP contribution in [0, 0.1) is 12.7 Å². The van der Waals surface area contributed by atoms with E-state index in [0.29, 0.717) is 11.3 Å². The van der Waals surface area contributed by atoms with E-state index in [1.165, 1.54) is 6.07 Å². The summed E-state index contributed by atoms with van der Waals surface area (Å²) < 4.78 is 13.2. The number of hydrogen-bond acceptors (Lipinski definition) is 4. The molecule has 0 unspecified atom stereocenters. The molecule has 104 valence electrons. The molecule has 0 spiro atoms. The third-order valence-corrected chi connectivity index (χ3v) is 3.36. The van der Waals surface area contributed by atoms with Crippen LogP contribution in [0.4, 0.5) is 10.1 Å². The first-order valence-electron chi connectivity index (χ1n) is 5.52. The molecule has 0 aliphatic heterocycles. The van der Waals surface area contributed by atoms with Crippen molar-refractivity contribution in [2.24, 2.45) is 5.73 Å². The van der Waals surface area contributed by atoms with Crippen LogP contribution >= 0.6 is 11.8 Å². The predicted octanol–water partition coefficient (Wildman–Crippen LogP) is 1.22. The SMILES string of the molecule is Cc1ccc(NC(=O)CSC[C@@H](N)C(=O)O)cc1F. The molecular formula is C12H15FN2O3S. The van der Waals surface area contributed by atoms with E-state index in [1.54, 1.807) is 19.1 Å². The minimum absolute atomic E-state index is 0.0659. The van der Waals surface area contributed by atoms with Crippen LogP contribution < -0.4 is 11.1 Å². The van der Waals surface area contributed by atoms with Crippen molar-refractivity contribution in [3.05, 3.63) is 29.6 Å². The lowest BCUT2D eigenvalue weighted by atomic mass is 10.2. The highest BCUT2D eigenvalue weighted by Crippen LogP contribution is 2.14. The Morgan fingerprint density at radius 3 is 2.79 bits per heavy atom. The normalized spacial score (nSPS) is 11.9. The lowest BCUT2D eigenvalue weighted by Crippen LogP contribution is -2.33. The molecule has 1 amide bonds. The fourth-order valence-electron chi connectivity index (χ4n) is 1.22. The van der Waals surface area contributed by atoms with E-state index >= 15 is 0 Å². The molecule has 0 heterocycles. The average Bonchev–Trinajstić information content (AvgIpc) is 2.33. The summed E-state index contributed by atoms with van der Waals surface area (Å²) >= 11 is 1.11. The molecule has 0 fully saturated rings. The number of carbonyl (C=O) groups is 2. The number of halogens is 1. The van der Waals surface area contributed by atoms with Gasteiger partial charge in [0.25, 0.3) is 0 Å². The van der Waals surface area contributed by atoms with Crippen LogP contribution in [0.2, 0.25) is 0 Å². The minimum Gasteiger partial charge on any atom is -0.480 e. The fourth-order valence-corrected chi connectivity index (χ4v) is 1.99. The van der Waals surface area contributed by atoms with Crippen molar-refractivity contribution in [1.29, 1.82) is 0 Å². The molecule has 1 aromatic rings. The Morgan fingerprint density at radius 1 is 1.53 bits per heavy atom. The van der Waals surface area contributed by atoms with Gasteiger partial charge in [0, 0.05) is 11.4 Å². The number of carboxylic acid groups (broad SMARTS) is 1. The van der Waals surface area contributed by atoms with Gasteiger partial charge < -0.3 is 16.2 Å². The summed E-state index contributed by atoms with van der Waals surface area (Å²) in [5, 5.41) is 11.1. The van der Waals surface area contributed by atoms with Crippen LogP contribution in [-0.4, -0.2) is 34.5 Å². The highest BCUT2D eigenvalue weighted by molar-refractivity contribution is 8.00. The first-order chi connectivity index (χ1) is 8.90. The second-order valence-electron chi connectivity index (χ2n) is 3.97. The molecule has 0 aliphatic rings. The number of rotatable bonds is 6. The van der Waals surface area contributed by atoms with Crippen LogP contribution in [0.1, 0.15) is 5.56 Å². The second kappa shape index (κ2) is 7.10. The molecule has 0 saturated heterocycles. The van der Waals surface area contributed by atoms with E-state index < -0.39 is 17.8 Å². The topological polar surface area (TPSA) is 92.4 Å². The molecule has 0 bridgehead atoms. The Hall–Kier alpha value is -1.60. The Morgan fingerprint density at radius 2 is 2.21 bits per heavy atom. The van der Waals surface area contributed by atoms with Crippen molar-refractivity contribution in [1.82, 2.24) is 0 Å². The van der Waals surface area contributed by atoms with E-state index in [2.05, 4.69) is 5.32 Å². The first-order valence-corrected chi connectivity index (χ1v) is 6.67. The smallest absolute Gasteiger partial charge is 0.321 e. The van der Waals surface area contributed by atoms with Crippen molar-refractivity contribution < 1.29 is 19.1 Å². The molecule has 1 rings (SSSR count). The molecule has 1 atom stereocenters. The lowest BCUT2D eigenvalue weighted by Gasteiger charge is -2.07. The van der Waals surface area contributed by atoms with Crippen molar-refractivity contribution >= 4 is 29.3 Å². The maximum absolute atomic E-state index is 13.2. The fraction of sp³-hybridized carbons (Fsp3) is 0.333. The Bertz CT molecular complexity index is 482. The number of carbonyl (C=O) groups excluding carboxylic acids is 1. The Balaban J connectivity index is 2.39. The molecular weight excluding hydrogens is 271 g/mol. The van der Waals surface area contributed by atoms with Gasteiger partial charge in [-0.1, -0.05) is 6.07 Å². The molecule has 0 saturated carbocycles. The van der Waals surface area contributed by atoms with Crippen LogP contribution in [0.3, 0.4) is 0 Å². The third kappa shape index (κ3) is 5.27. The maximum Gasteiger partial charge on any atom is 0.321 e. The van der Waals surface area contributed by atoms with Gasteiger partial charge in [-0.15, -0.1) is 11.8 Å². The number of benzene rings is 1. The first kappa shape index (κ1) is 15.5. The van der Waals surface area contributed by atoms with E-state index in [0.717, 1.165) is 11.8 Å². The zero-order chi connectivity index (χ0) is 14.4. The highest BCUT2D eigenvalue weighted by atomic mass is 32.2. The summed E-state index contributed by atoms with van der Waals surface area (Å²) in [6.07, 6.45) is 0. The van der Waals surface area contributed by atoms with Crippen molar-refractivity contribution in [3.8, 4) is 0 Å². The number of anilines is 1. The Kier molecular flexibility index (Phi) is 5.78. The standard InChI is InChI=1S/C12H15FN2O3S/c1-7-2-3-8(4-9(7)13)15-11(16)6-19-5-10(14)12(17)18/h2-4,10H,5-6,14H2,1H3,(H,15,16)(H,17,18)/t10-/m1/s1. The number of amides is 1. The number of carboxylic acids is 1. The number of hydrogen-bond donors (Lipinski definition) is 3. The molecule has 19 heavy (non-hydrogen) atoms. The van der Waals surface area contributed by atoms with E-state index in [4.69, 9.17) is 10.8 Å². The van der Waals surface area contributed by atoms with E-state index in [-0.39, 0.29) is 17.4 Å². The van der Waals surface area contributed by atoms with Gasteiger partial charge in [-0.25, -0.2) is 4.39 Å². The summed E-state index contributed by atoms with van der Waals surface area (Å²) in [5.41, 5.74) is 6.16. The largest absolute Gasteiger partial charge is 0.480 e. The lowest BCUT2D eigenvalue weighted by molar-refractivity contribution is -0.137. The van der Waals surface area contributed by atoms with Gasteiger partial charge in [0.15, 0.2) is 0 Å². The monoisotopic (exact) mass is 286 g/mol. The number of thioether (sulfide) groups is 1. The van der Waals surface area contributed by atoms with Gasteiger partial charge in [0.1, 0.15) is 11.9 Å². The molecule has 0 aliphatic carbocycles. The quantitative estimate of drug-likeness (QED) is 0.731. The van der Waals surface area contributed by atoms with Gasteiger partial charge >= 0.3 is 5.97 Å². The van der Waals surface area contributed by atoms with E-state index in [9.17, 15) is 14.0 Å². The zero-order valence-corrected chi connectivity index (χ0v) is 11.2. The summed E-state index contributed by atoms with van der Waals surface area (Å²) in [4.78, 5) is 22.0. The molecule has 0 aromatic heterocycles. The second-order valence-corrected chi connectivity index (χ2v) is 5.00. The Labute approximate surface area is 114 Å². The predicted molar refractivity (Wildman–Crippen MR) is 72.7 cm³/mol. The summed E-state index contributed by atoms with van der Waals surface area (Å²) in [7, 11) is 0. The molecule has 0 radical (unpaired) electrons. The van der Waals surface area contributed by atoms with Crippen molar-refractivity contribution in [2.75, 3.05) is 16.8 Å². The van der Waals surface area contributed by atoms with Gasteiger partial charge in [0.05, 0.1) is 5.75 Å². The van der Waals surface area contributed by atoms with Gasteiger partial charge in [-0.05, 0) is 24.6 Å². The highest BCUT2D eigenvalue weighted by Gasteiger charge is 2.12. The maximum atomic E-state index is 13.2. The van der Waals surface area contributed by atoms with Gasteiger partial charge in [-0.2, -0.15) is 0 Å². The van der Waals surface area contributed by atoms with Crippen LogP contribution in [0.15, 0.2) is 18.2 Å². The molecule has 7 heteroatoms. The average molecular weight is 286 g/mol. The van der Waals surface area contributed by atoms with Crippen molar-refractivity contribution in [2.45, 2.75) is 13.0 Å². The molecule has 5 nitrogen and oxygen atoms in total. The summed E-state index contributed by atoms with van der Waals surface area (Å²) in [6, 6.07) is 3.41. The van der Waals surface area contributed by atoms with Crippen LogP contribution in [0.25, 0.3) is 0 Å². The zero-order valence-electron chi connectivity index (χ0n) is 10.4. The van der Waals surface area contributed by atoms with Gasteiger partial charge in [-0.3, -0.25) is 9.59 Å². The minimum atomic E-state index is -1.10.